The first kappa shape index (κ1) is 9.86. The summed E-state index contributed by atoms with van der Waals surface area (Å²) in [4.78, 5) is 3.93. The smallest absolute Gasteiger partial charge is 0.123 e. The van der Waals surface area contributed by atoms with Crippen LogP contribution < -0.4 is 0 Å². The van der Waals surface area contributed by atoms with Gasteiger partial charge in [-0.25, -0.2) is 4.39 Å². The number of benzene rings is 1. The molecule has 0 aliphatic heterocycles. The van der Waals surface area contributed by atoms with E-state index in [9.17, 15) is 9.50 Å². The minimum absolute atomic E-state index is 0.287. The molecule has 0 fully saturated rings. The van der Waals surface area contributed by atoms with E-state index in [0.717, 1.165) is 5.56 Å². The molecule has 1 unspecified atom stereocenters. The predicted octanol–water partition coefficient (Wildman–Crippen LogP) is 1.63. The number of rotatable bonds is 2. The highest BCUT2D eigenvalue weighted by Crippen LogP contribution is 2.06. The molecule has 0 aliphatic rings. The van der Waals surface area contributed by atoms with Gasteiger partial charge in [0.2, 0.25) is 0 Å². The van der Waals surface area contributed by atoms with Crippen LogP contribution in [0.15, 0.2) is 29.3 Å². The first-order chi connectivity index (χ1) is 6.15. The zero-order valence-electron chi connectivity index (χ0n) is 7.66. The van der Waals surface area contributed by atoms with Crippen molar-refractivity contribution in [2.24, 2.45) is 4.99 Å². The van der Waals surface area contributed by atoms with Gasteiger partial charge in [-0.2, -0.15) is 0 Å². The highest BCUT2D eigenvalue weighted by molar-refractivity contribution is 6.03. The van der Waals surface area contributed by atoms with Gasteiger partial charge in [0.15, 0.2) is 0 Å². The fourth-order valence-electron chi connectivity index (χ4n) is 1.18. The molecule has 1 aromatic carbocycles. The van der Waals surface area contributed by atoms with E-state index >= 15 is 0 Å². The van der Waals surface area contributed by atoms with Crippen molar-refractivity contribution in [2.75, 3.05) is 7.05 Å². The number of hydrogen-bond acceptors (Lipinski definition) is 2. The molecule has 1 N–H and O–H groups in total. The third-order valence-electron chi connectivity index (χ3n) is 1.78. The van der Waals surface area contributed by atoms with Gasteiger partial charge in [0.25, 0.3) is 0 Å². The lowest BCUT2D eigenvalue weighted by Crippen LogP contribution is -2.17. The van der Waals surface area contributed by atoms with Crippen molar-refractivity contribution in [1.82, 2.24) is 0 Å². The van der Waals surface area contributed by atoms with Crippen LogP contribution in [0.2, 0.25) is 0 Å². The first-order valence-electron chi connectivity index (χ1n) is 4.06. The summed E-state index contributed by atoms with van der Waals surface area (Å²) in [5.74, 6) is -0.287. The summed E-state index contributed by atoms with van der Waals surface area (Å²) >= 11 is 0. The molecule has 0 aromatic heterocycles. The highest BCUT2D eigenvalue weighted by atomic mass is 19.1. The van der Waals surface area contributed by atoms with Gasteiger partial charge in [-0.05, 0) is 24.6 Å². The molecule has 2 nitrogen and oxygen atoms in total. The van der Waals surface area contributed by atoms with E-state index in [1.165, 1.54) is 12.1 Å². The SMILES string of the molecule is CN=C(c1ccc(F)cc1)C(C)O. The van der Waals surface area contributed by atoms with E-state index in [1.54, 1.807) is 26.1 Å². The Morgan fingerprint density at radius 3 is 2.31 bits per heavy atom. The maximum atomic E-state index is 12.6. The Kier molecular flexibility index (Phi) is 3.14. The zero-order valence-corrected chi connectivity index (χ0v) is 7.66. The number of nitrogens with zero attached hydrogens (tertiary/aromatic N) is 1. The summed E-state index contributed by atoms with van der Waals surface area (Å²) in [7, 11) is 1.60. The van der Waals surface area contributed by atoms with Crippen LogP contribution in [0, 0.1) is 5.82 Å². The lowest BCUT2D eigenvalue weighted by molar-refractivity contribution is 0.262. The van der Waals surface area contributed by atoms with Crippen LogP contribution in [-0.2, 0) is 0 Å². The van der Waals surface area contributed by atoms with Crippen LogP contribution in [0.5, 0.6) is 0 Å². The normalized spacial score (nSPS) is 14.3. The zero-order chi connectivity index (χ0) is 9.84. The Morgan fingerprint density at radius 2 is 1.92 bits per heavy atom. The fourth-order valence-corrected chi connectivity index (χ4v) is 1.18. The molecule has 0 heterocycles. The number of halogens is 1. The van der Waals surface area contributed by atoms with Gasteiger partial charge in [0.05, 0.1) is 11.8 Å². The van der Waals surface area contributed by atoms with Crippen molar-refractivity contribution >= 4 is 5.71 Å². The molecule has 0 radical (unpaired) electrons. The van der Waals surface area contributed by atoms with Gasteiger partial charge in [-0.15, -0.1) is 0 Å². The number of aliphatic hydroxyl groups is 1. The van der Waals surface area contributed by atoms with E-state index in [4.69, 9.17) is 0 Å². The molecule has 1 rings (SSSR count). The summed E-state index contributed by atoms with van der Waals surface area (Å²) in [6, 6.07) is 5.90. The monoisotopic (exact) mass is 181 g/mol. The standard InChI is InChI=1S/C10H12FNO/c1-7(13)10(12-2)8-3-5-9(11)6-4-8/h3-7,13H,1-2H3. The predicted molar refractivity (Wildman–Crippen MR) is 50.5 cm³/mol. The van der Waals surface area contributed by atoms with Crippen molar-refractivity contribution in [3.63, 3.8) is 0 Å². The summed E-state index contributed by atoms with van der Waals surface area (Å²) < 4.78 is 12.6. The van der Waals surface area contributed by atoms with Gasteiger partial charge in [-0.1, -0.05) is 12.1 Å². The van der Waals surface area contributed by atoms with Crippen LogP contribution in [0.25, 0.3) is 0 Å². The van der Waals surface area contributed by atoms with Crippen LogP contribution in [0.3, 0.4) is 0 Å². The highest BCUT2D eigenvalue weighted by Gasteiger charge is 2.08. The maximum absolute atomic E-state index is 12.6. The molecule has 0 bridgehead atoms. The largest absolute Gasteiger partial charge is 0.387 e. The molecule has 3 heteroatoms. The minimum Gasteiger partial charge on any atom is -0.387 e. The van der Waals surface area contributed by atoms with E-state index in [-0.39, 0.29) is 5.82 Å². The Labute approximate surface area is 76.7 Å². The molecule has 0 aliphatic carbocycles. The molecule has 0 spiro atoms. The van der Waals surface area contributed by atoms with Crippen molar-refractivity contribution in [1.29, 1.82) is 0 Å². The molecule has 13 heavy (non-hydrogen) atoms. The Hall–Kier alpha value is -1.22. The third-order valence-corrected chi connectivity index (χ3v) is 1.78. The van der Waals surface area contributed by atoms with E-state index in [2.05, 4.69) is 4.99 Å². The van der Waals surface area contributed by atoms with Crippen LogP contribution in [0.1, 0.15) is 12.5 Å². The maximum Gasteiger partial charge on any atom is 0.123 e. The average molecular weight is 181 g/mol. The molecule has 0 amide bonds. The van der Waals surface area contributed by atoms with Gasteiger partial charge in [0, 0.05) is 7.05 Å². The van der Waals surface area contributed by atoms with Crippen LogP contribution >= 0.6 is 0 Å². The van der Waals surface area contributed by atoms with Crippen molar-refractivity contribution in [3.8, 4) is 0 Å². The lowest BCUT2D eigenvalue weighted by atomic mass is 10.1. The number of aliphatic imine (C=N–C) groups is 1. The van der Waals surface area contributed by atoms with Crippen molar-refractivity contribution in [3.05, 3.63) is 35.6 Å². The van der Waals surface area contributed by atoms with Gasteiger partial charge in [-0.3, -0.25) is 4.99 Å². The topological polar surface area (TPSA) is 32.6 Å². The minimum atomic E-state index is -0.629. The molecule has 1 atom stereocenters. The summed E-state index contributed by atoms with van der Waals surface area (Å²) in [6.07, 6.45) is -0.629. The number of aliphatic hydroxyl groups excluding tert-OH is 1. The molecule has 0 saturated heterocycles. The summed E-state index contributed by atoms with van der Waals surface area (Å²) in [5.41, 5.74) is 1.32. The first-order valence-corrected chi connectivity index (χ1v) is 4.06. The Bertz CT molecular complexity index is 303. The fraction of sp³-hybridized carbons (Fsp3) is 0.300. The summed E-state index contributed by atoms with van der Waals surface area (Å²) in [6.45, 7) is 1.63. The van der Waals surface area contributed by atoms with E-state index in [1.807, 2.05) is 0 Å². The Balaban J connectivity index is 3.00. The quantitative estimate of drug-likeness (QED) is 0.691. The molecule has 0 saturated carbocycles. The molecular formula is C10H12FNO. The van der Waals surface area contributed by atoms with Crippen LogP contribution in [-0.4, -0.2) is 24.0 Å². The summed E-state index contributed by atoms with van der Waals surface area (Å²) in [5, 5.41) is 9.31. The Morgan fingerprint density at radius 1 is 1.38 bits per heavy atom. The molecular weight excluding hydrogens is 169 g/mol. The second kappa shape index (κ2) is 4.14. The van der Waals surface area contributed by atoms with E-state index < -0.39 is 6.10 Å². The lowest BCUT2D eigenvalue weighted by Gasteiger charge is -2.08. The van der Waals surface area contributed by atoms with E-state index in [0.29, 0.717) is 5.71 Å². The average Bonchev–Trinajstić information content (AvgIpc) is 2.09. The van der Waals surface area contributed by atoms with Crippen LogP contribution in [0.4, 0.5) is 4.39 Å². The molecule has 1 aromatic rings. The number of hydrogen-bond donors (Lipinski definition) is 1. The molecule has 70 valence electrons. The van der Waals surface area contributed by atoms with Gasteiger partial charge in [0.1, 0.15) is 5.82 Å². The second-order valence-corrected chi connectivity index (χ2v) is 2.79. The second-order valence-electron chi connectivity index (χ2n) is 2.79. The van der Waals surface area contributed by atoms with Crippen molar-refractivity contribution < 1.29 is 9.50 Å². The third kappa shape index (κ3) is 2.36. The van der Waals surface area contributed by atoms with Crippen molar-refractivity contribution in [2.45, 2.75) is 13.0 Å². The van der Waals surface area contributed by atoms with Gasteiger partial charge >= 0.3 is 0 Å². The van der Waals surface area contributed by atoms with Gasteiger partial charge < -0.3 is 5.11 Å².